The van der Waals surface area contributed by atoms with Gasteiger partial charge in [-0.05, 0) is 36.4 Å². The molecule has 0 aromatic heterocycles. The predicted molar refractivity (Wildman–Crippen MR) is 100 cm³/mol. The van der Waals surface area contributed by atoms with Gasteiger partial charge in [-0.25, -0.2) is 12.7 Å². The van der Waals surface area contributed by atoms with Gasteiger partial charge in [0, 0.05) is 18.7 Å². The Labute approximate surface area is 157 Å². The second kappa shape index (κ2) is 7.63. The van der Waals surface area contributed by atoms with Crippen LogP contribution in [-0.2, 0) is 14.8 Å². The van der Waals surface area contributed by atoms with Crippen LogP contribution in [0.5, 0.6) is 5.75 Å². The van der Waals surface area contributed by atoms with Gasteiger partial charge in [-0.1, -0.05) is 24.8 Å². The van der Waals surface area contributed by atoms with Crippen molar-refractivity contribution >= 4 is 27.5 Å². The fourth-order valence-corrected chi connectivity index (χ4v) is 4.24. The number of fused-ring (bicyclic) bond motifs is 1. The Balaban J connectivity index is 1.60. The quantitative estimate of drug-likeness (QED) is 0.738. The molecular formula is C19H18N2O5S. The number of ether oxygens (including phenoxy) is 1. The second-order valence-corrected chi connectivity index (χ2v) is 7.63. The number of benzene rings is 2. The summed E-state index contributed by atoms with van der Waals surface area (Å²) in [5, 5.41) is 2.67. The van der Waals surface area contributed by atoms with Crippen LogP contribution in [0, 0.1) is 0 Å². The van der Waals surface area contributed by atoms with Crippen molar-refractivity contribution in [2.45, 2.75) is 11.3 Å². The Morgan fingerprint density at radius 1 is 1.15 bits per heavy atom. The largest absolute Gasteiger partial charge is 0.490 e. The molecule has 0 spiro atoms. The molecule has 0 aliphatic carbocycles. The van der Waals surface area contributed by atoms with Gasteiger partial charge in [0.25, 0.3) is 15.9 Å². The molecule has 140 valence electrons. The monoisotopic (exact) mass is 386 g/mol. The molecule has 1 N–H and O–H groups in total. The van der Waals surface area contributed by atoms with Gasteiger partial charge in [0.2, 0.25) is 5.91 Å². The van der Waals surface area contributed by atoms with Crippen LogP contribution >= 0.6 is 0 Å². The van der Waals surface area contributed by atoms with Crippen molar-refractivity contribution in [2.75, 3.05) is 18.5 Å². The zero-order valence-electron chi connectivity index (χ0n) is 14.4. The molecule has 27 heavy (non-hydrogen) atoms. The summed E-state index contributed by atoms with van der Waals surface area (Å²) in [4.78, 5) is 24.4. The van der Waals surface area contributed by atoms with Crippen molar-refractivity contribution in [3.8, 4) is 5.75 Å². The molecule has 1 aliphatic heterocycles. The fourth-order valence-electron chi connectivity index (χ4n) is 2.67. The van der Waals surface area contributed by atoms with Crippen LogP contribution < -0.4 is 10.1 Å². The molecule has 2 amide bonds. The normalized spacial score (nSPS) is 14.5. The van der Waals surface area contributed by atoms with Crippen molar-refractivity contribution in [3.63, 3.8) is 0 Å². The number of carbonyl (C=O) groups is 2. The van der Waals surface area contributed by atoms with E-state index in [4.69, 9.17) is 4.74 Å². The molecular weight excluding hydrogens is 368 g/mol. The van der Waals surface area contributed by atoms with Crippen molar-refractivity contribution in [2.24, 2.45) is 0 Å². The molecule has 0 radical (unpaired) electrons. The summed E-state index contributed by atoms with van der Waals surface area (Å²) in [5.74, 6) is -0.366. The number of hydrogen-bond donors (Lipinski definition) is 1. The number of nitrogens with zero attached hydrogens (tertiary/aromatic N) is 1. The summed E-state index contributed by atoms with van der Waals surface area (Å²) < 4.78 is 31.0. The predicted octanol–water partition coefficient (Wildman–Crippen LogP) is 2.42. The molecule has 1 heterocycles. The lowest BCUT2D eigenvalue weighted by molar-refractivity contribution is -0.116. The summed E-state index contributed by atoms with van der Waals surface area (Å²) in [5.41, 5.74) is 0.679. The second-order valence-electron chi connectivity index (χ2n) is 5.80. The smallest absolute Gasteiger partial charge is 0.269 e. The van der Waals surface area contributed by atoms with Gasteiger partial charge in [-0.2, -0.15) is 0 Å². The van der Waals surface area contributed by atoms with Crippen LogP contribution in [0.3, 0.4) is 0 Å². The molecule has 0 fully saturated rings. The molecule has 0 bridgehead atoms. The lowest BCUT2D eigenvalue weighted by Gasteiger charge is -2.14. The Bertz CT molecular complexity index is 983. The van der Waals surface area contributed by atoms with Crippen molar-refractivity contribution in [3.05, 3.63) is 66.7 Å². The first-order valence-electron chi connectivity index (χ1n) is 8.23. The minimum atomic E-state index is -3.90. The van der Waals surface area contributed by atoms with Crippen molar-refractivity contribution in [1.82, 2.24) is 4.31 Å². The third-order valence-electron chi connectivity index (χ3n) is 3.96. The van der Waals surface area contributed by atoms with Gasteiger partial charge >= 0.3 is 0 Å². The first kappa shape index (κ1) is 18.7. The van der Waals surface area contributed by atoms with Crippen molar-refractivity contribution in [1.29, 1.82) is 0 Å². The fraction of sp³-hybridized carbons (Fsp3) is 0.158. The highest BCUT2D eigenvalue weighted by atomic mass is 32.2. The summed E-state index contributed by atoms with van der Waals surface area (Å²) in [7, 11) is -3.90. The molecule has 3 rings (SSSR count). The van der Waals surface area contributed by atoms with E-state index in [9.17, 15) is 18.0 Å². The maximum atomic E-state index is 12.4. The van der Waals surface area contributed by atoms with Crippen LogP contribution in [0.25, 0.3) is 0 Å². The highest BCUT2D eigenvalue weighted by Crippen LogP contribution is 2.29. The maximum Gasteiger partial charge on any atom is 0.269 e. The van der Waals surface area contributed by atoms with Crippen LogP contribution in [0.1, 0.15) is 16.8 Å². The minimum Gasteiger partial charge on any atom is -0.490 e. The topological polar surface area (TPSA) is 92.8 Å². The van der Waals surface area contributed by atoms with E-state index in [2.05, 4.69) is 11.9 Å². The molecule has 2 aromatic rings. The number of amides is 2. The lowest BCUT2D eigenvalue weighted by atomic mass is 10.2. The van der Waals surface area contributed by atoms with Crippen LogP contribution in [0.2, 0.25) is 0 Å². The summed E-state index contributed by atoms with van der Waals surface area (Å²) in [6, 6.07) is 12.7. The molecule has 1 aliphatic rings. The molecule has 0 unspecified atom stereocenters. The minimum absolute atomic E-state index is 0.0227. The summed E-state index contributed by atoms with van der Waals surface area (Å²) in [6.07, 6.45) is 1.48. The van der Waals surface area contributed by atoms with Gasteiger partial charge in [0.05, 0.1) is 5.56 Å². The van der Waals surface area contributed by atoms with Gasteiger partial charge < -0.3 is 10.1 Å². The first-order chi connectivity index (χ1) is 12.9. The number of sulfonamides is 1. The van der Waals surface area contributed by atoms with E-state index in [0.29, 0.717) is 18.0 Å². The Kier molecular flexibility index (Phi) is 5.27. The molecule has 2 aromatic carbocycles. The van der Waals surface area contributed by atoms with Crippen LogP contribution in [0.15, 0.2) is 66.1 Å². The van der Waals surface area contributed by atoms with E-state index >= 15 is 0 Å². The van der Waals surface area contributed by atoms with Gasteiger partial charge in [-0.3, -0.25) is 9.59 Å². The van der Waals surface area contributed by atoms with Crippen molar-refractivity contribution < 1.29 is 22.7 Å². The molecule has 0 saturated heterocycles. The Morgan fingerprint density at radius 2 is 1.85 bits per heavy atom. The Hall–Kier alpha value is -3.13. The maximum absolute atomic E-state index is 12.4. The van der Waals surface area contributed by atoms with Crippen LogP contribution in [-0.4, -0.2) is 37.7 Å². The third kappa shape index (κ3) is 3.85. The SMILES string of the molecule is C=CCOc1ccc(NC(=O)CCN2C(=O)c3ccccc3S2(=O)=O)cc1. The van der Waals surface area contributed by atoms with E-state index in [1.165, 1.54) is 12.1 Å². The average Bonchev–Trinajstić information content (AvgIpc) is 2.86. The van der Waals surface area contributed by atoms with Gasteiger partial charge in [-0.15, -0.1) is 0 Å². The average molecular weight is 386 g/mol. The first-order valence-corrected chi connectivity index (χ1v) is 9.67. The number of nitrogens with one attached hydrogen (secondary N) is 1. The zero-order chi connectivity index (χ0) is 19.4. The van der Waals surface area contributed by atoms with Crippen LogP contribution in [0.4, 0.5) is 5.69 Å². The lowest BCUT2D eigenvalue weighted by Crippen LogP contribution is -2.33. The van der Waals surface area contributed by atoms with E-state index < -0.39 is 21.8 Å². The Morgan fingerprint density at radius 3 is 2.52 bits per heavy atom. The number of carbonyl (C=O) groups excluding carboxylic acids is 2. The van der Waals surface area contributed by atoms with Gasteiger partial charge in [0.1, 0.15) is 17.3 Å². The number of anilines is 1. The number of hydrogen-bond acceptors (Lipinski definition) is 5. The summed E-state index contributed by atoms with van der Waals surface area (Å²) >= 11 is 0. The third-order valence-corrected chi connectivity index (χ3v) is 5.80. The van der Waals surface area contributed by atoms with Gasteiger partial charge in [0.15, 0.2) is 0 Å². The van der Waals surface area contributed by atoms with E-state index in [0.717, 1.165) is 4.31 Å². The highest BCUT2D eigenvalue weighted by molar-refractivity contribution is 7.90. The molecule has 0 saturated carbocycles. The van der Waals surface area contributed by atoms with E-state index in [1.807, 2.05) is 0 Å². The molecule has 7 nitrogen and oxygen atoms in total. The molecule has 8 heteroatoms. The van der Waals surface area contributed by atoms with E-state index in [1.54, 1.807) is 42.5 Å². The summed E-state index contributed by atoms with van der Waals surface area (Å²) in [6.45, 7) is 3.72. The zero-order valence-corrected chi connectivity index (χ0v) is 15.2. The highest BCUT2D eigenvalue weighted by Gasteiger charge is 2.40. The molecule has 0 atom stereocenters. The standard InChI is InChI=1S/C19H18N2O5S/c1-2-13-26-15-9-7-14(8-10-15)20-18(22)11-12-21-19(23)16-5-3-4-6-17(16)27(21,24)25/h2-10H,1,11-13H2,(H,20,22). The van der Waals surface area contributed by atoms with E-state index in [-0.39, 0.29) is 23.4 Å². The number of rotatable bonds is 7.